The van der Waals surface area contributed by atoms with Crippen LogP contribution in [-0.2, 0) is 6.54 Å². The van der Waals surface area contributed by atoms with E-state index in [1.807, 2.05) is 6.07 Å². The van der Waals surface area contributed by atoms with E-state index < -0.39 is 0 Å². The van der Waals surface area contributed by atoms with Crippen LogP contribution in [0, 0.1) is 5.82 Å². The summed E-state index contributed by atoms with van der Waals surface area (Å²) in [5.74, 6) is -0.107. The topological polar surface area (TPSA) is 15.3 Å². The van der Waals surface area contributed by atoms with Crippen LogP contribution in [0.15, 0.2) is 18.2 Å². The van der Waals surface area contributed by atoms with Gasteiger partial charge in [0.05, 0.1) is 0 Å². The van der Waals surface area contributed by atoms with Gasteiger partial charge in [0, 0.05) is 19.1 Å². The van der Waals surface area contributed by atoms with Gasteiger partial charge in [-0.2, -0.15) is 0 Å². The molecule has 3 heteroatoms. The van der Waals surface area contributed by atoms with Gasteiger partial charge < -0.3 is 5.32 Å². The number of hydrogen-bond acceptors (Lipinski definition) is 2. The summed E-state index contributed by atoms with van der Waals surface area (Å²) in [4.78, 5) is 2.48. The highest BCUT2D eigenvalue weighted by Crippen LogP contribution is 2.30. The molecule has 16 heavy (non-hydrogen) atoms. The normalized spacial score (nSPS) is 25.7. The number of halogens is 1. The van der Waals surface area contributed by atoms with Crippen molar-refractivity contribution < 1.29 is 4.39 Å². The minimum absolute atomic E-state index is 0.107. The summed E-state index contributed by atoms with van der Waals surface area (Å²) in [5, 5.41) is 3.42. The van der Waals surface area contributed by atoms with E-state index in [0.29, 0.717) is 6.04 Å². The van der Waals surface area contributed by atoms with Gasteiger partial charge in [0.1, 0.15) is 5.82 Å². The van der Waals surface area contributed by atoms with E-state index in [0.717, 1.165) is 26.2 Å². The van der Waals surface area contributed by atoms with Crippen LogP contribution in [0.2, 0.25) is 0 Å². The fourth-order valence-corrected chi connectivity index (χ4v) is 2.87. The third-order valence-corrected chi connectivity index (χ3v) is 3.70. The Morgan fingerprint density at radius 1 is 1.25 bits per heavy atom. The molecule has 1 aromatic carbocycles. The van der Waals surface area contributed by atoms with Crippen LogP contribution in [0.4, 0.5) is 4.39 Å². The number of nitrogens with zero attached hydrogens (tertiary/aromatic N) is 1. The highest BCUT2D eigenvalue weighted by Gasteiger charge is 2.27. The average Bonchev–Trinajstić information content (AvgIpc) is 2.81. The number of hydrogen-bond donors (Lipinski definition) is 1. The van der Waals surface area contributed by atoms with Crippen LogP contribution in [0.5, 0.6) is 0 Å². The molecule has 1 N–H and O–H groups in total. The first-order chi connectivity index (χ1) is 7.84. The molecule has 3 rings (SSSR count). The molecule has 2 aliphatic heterocycles. The molecule has 0 saturated carbocycles. The van der Waals surface area contributed by atoms with Crippen LogP contribution in [0.25, 0.3) is 0 Å². The first kappa shape index (κ1) is 10.2. The van der Waals surface area contributed by atoms with E-state index in [9.17, 15) is 4.39 Å². The lowest BCUT2D eigenvalue weighted by molar-refractivity contribution is 0.228. The van der Waals surface area contributed by atoms with Gasteiger partial charge in [0.2, 0.25) is 0 Å². The monoisotopic (exact) mass is 220 g/mol. The molecule has 0 bridgehead atoms. The second kappa shape index (κ2) is 4.15. The summed E-state index contributed by atoms with van der Waals surface area (Å²) in [6.07, 6.45) is 2.56. The predicted molar refractivity (Wildman–Crippen MR) is 61.7 cm³/mol. The number of fused-ring (bicyclic) bond motifs is 1. The van der Waals surface area contributed by atoms with Gasteiger partial charge in [-0.25, -0.2) is 4.39 Å². The number of likely N-dealkylation sites (tertiary alicyclic amines) is 1. The lowest BCUT2D eigenvalue weighted by Crippen LogP contribution is -2.38. The zero-order valence-electron chi connectivity index (χ0n) is 9.38. The Kier molecular flexibility index (Phi) is 2.65. The Hall–Kier alpha value is -0.930. The Labute approximate surface area is 95.4 Å². The Morgan fingerprint density at radius 2 is 2.06 bits per heavy atom. The predicted octanol–water partition coefficient (Wildman–Crippen LogP) is 2.07. The highest BCUT2D eigenvalue weighted by atomic mass is 19.1. The zero-order valence-corrected chi connectivity index (χ0v) is 9.38. The molecule has 2 aliphatic rings. The molecular formula is C13H17FN2. The SMILES string of the molecule is Fc1ccc2c(c1)C(N1CCCC1)CNC2. The Morgan fingerprint density at radius 3 is 2.88 bits per heavy atom. The third kappa shape index (κ3) is 1.74. The molecule has 1 unspecified atom stereocenters. The van der Waals surface area contributed by atoms with E-state index in [4.69, 9.17) is 0 Å². The van der Waals surface area contributed by atoms with E-state index in [1.165, 1.54) is 24.0 Å². The van der Waals surface area contributed by atoms with E-state index in [2.05, 4.69) is 10.2 Å². The Bertz CT molecular complexity index is 386. The molecule has 1 atom stereocenters. The van der Waals surface area contributed by atoms with Crippen molar-refractivity contribution in [3.05, 3.63) is 35.1 Å². The van der Waals surface area contributed by atoms with Gasteiger partial charge >= 0.3 is 0 Å². The van der Waals surface area contributed by atoms with Crippen molar-refractivity contribution in [3.8, 4) is 0 Å². The van der Waals surface area contributed by atoms with Crippen LogP contribution in [0.1, 0.15) is 30.0 Å². The molecule has 0 spiro atoms. The quantitative estimate of drug-likeness (QED) is 0.779. The molecular weight excluding hydrogens is 203 g/mol. The smallest absolute Gasteiger partial charge is 0.123 e. The molecule has 0 radical (unpaired) electrons. The largest absolute Gasteiger partial charge is 0.311 e. The molecule has 2 nitrogen and oxygen atoms in total. The molecule has 0 amide bonds. The Balaban J connectivity index is 1.94. The molecule has 0 aromatic heterocycles. The molecule has 2 heterocycles. The lowest BCUT2D eigenvalue weighted by Gasteiger charge is -2.33. The number of benzene rings is 1. The summed E-state index contributed by atoms with van der Waals surface area (Å²) in [6, 6.07) is 5.58. The van der Waals surface area contributed by atoms with E-state index in [1.54, 1.807) is 12.1 Å². The van der Waals surface area contributed by atoms with Crippen molar-refractivity contribution in [2.75, 3.05) is 19.6 Å². The first-order valence-electron chi connectivity index (χ1n) is 6.08. The van der Waals surface area contributed by atoms with E-state index in [-0.39, 0.29) is 5.82 Å². The lowest BCUT2D eigenvalue weighted by atomic mass is 9.95. The summed E-state index contributed by atoms with van der Waals surface area (Å²) in [7, 11) is 0. The van der Waals surface area contributed by atoms with Crippen molar-refractivity contribution in [2.45, 2.75) is 25.4 Å². The van der Waals surface area contributed by atoms with Crippen molar-refractivity contribution in [3.63, 3.8) is 0 Å². The molecule has 1 aromatic rings. The maximum absolute atomic E-state index is 13.3. The van der Waals surface area contributed by atoms with Crippen LogP contribution < -0.4 is 5.32 Å². The van der Waals surface area contributed by atoms with Crippen LogP contribution >= 0.6 is 0 Å². The molecule has 1 saturated heterocycles. The molecule has 1 fully saturated rings. The second-order valence-corrected chi connectivity index (χ2v) is 4.73. The molecule has 0 aliphatic carbocycles. The summed E-state index contributed by atoms with van der Waals surface area (Å²) in [5.41, 5.74) is 2.45. The first-order valence-corrected chi connectivity index (χ1v) is 6.08. The summed E-state index contributed by atoms with van der Waals surface area (Å²) in [6.45, 7) is 4.14. The zero-order chi connectivity index (χ0) is 11.0. The number of nitrogens with one attached hydrogen (secondary N) is 1. The van der Waals surface area contributed by atoms with Gasteiger partial charge in [-0.15, -0.1) is 0 Å². The highest BCUT2D eigenvalue weighted by molar-refractivity contribution is 5.33. The van der Waals surface area contributed by atoms with Gasteiger partial charge in [-0.3, -0.25) is 4.90 Å². The van der Waals surface area contributed by atoms with Gasteiger partial charge in [-0.05, 0) is 49.2 Å². The van der Waals surface area contributed by atoms with Gasteiger partial charge in [0.15, 0.2) is 0 Å². The maximum atomic E-state index is 13.3. The third-order valence-electron chi connectivity index (χ3n) is 3.70. The van der Waals surface area contributed by atoms with Crippen molar-refractivity contribution in [1.29, 1.82) is 0 Å². The fourth-order valence-electron chi connectivity index (χ4n) is 2.87. The standard InChI is InChI=1S/C13H17FN2/c14-11-4-3-10-8-15-9-13(12(10)7-11)16-5-1-2-6-16/h3-4,7,13,15H,1-2,5-6,8-9H2. The maximum Gasteiger partial charge on any atom is 0.123 e. The van der Waals surface area contributed by atoms with Gasteiger partial charge in [0.25, 0.3) is 0 Å². The second-order valence-electron chi connectivity index (χ2n) is 4.73. The van der Waals surface area contributed by atoms with E-state index >= 15 is 0 Å². The minimum atomic E-state index is -0.107. The van der Waals surface area contributed by atoms with Crippen LogP contribution in [0.3, 0.4) is 0 Å². The van der Waals surface area contributed by atoms with Gasteiger partial charge in [-0.1, -0.05) is 6.07 Å². The fraction of sp³-hybridized carbons (Fsp3) is 0.538. The van der Waals surface area contributed by atoms with Crippen LogP contribution in [-0.4, -0.2) is 24.5 Å². The minimum Gasteiger partial charge on any atom is -0.311 e. The summed E-state index contributed by atoms with van der Waals surface area (Å²) < 4.78 is 13.3. The average molecular weight is 220 g/mol. The summed E-state index contributed by atoms with van der Waals surface area (Å²) >= 11 is 0. The van der Waals surface area contributed by atoms with Crippen molar-refractivity contribution >= 4 is 0 Å². The van der Waals surface area contributed by atoms with Crippen molar-refractivity contribution in [2.24, 2.45) is 0 Å². The van der Waals surface area contributed by atoms with Crippen molar-refractivity contribution in [1.82, 2.24) is 10.2 Å². The number of rotatable bonds is 1. The molecule has 86 valence electrons.